The third-order valence-corrected chi connectivity index (χ3v) is 2.31. The van der Waals surface area contributed by atoms with Crippen LogP contribution in [0.3, 0.4) is 0 Å². The van der Waals surface area contributed by atoms with Gasteiger partial charge in [0, 0.05) is 0 Å². The molecule has 0 amide bonds. The van der Waals surface area contributed by atoms with Gasteiger partial charge in [0.1, 0.15) is 5.15 Å². The van der Waals surface area contributed by atoms with Crippen molar-refractivity contribution in [2.45, 2.75) is 6.61 Å². The Morgan fingerprint density at radius 1 is 1.27 bits per heavy atom. The van der Waals surface area contributed by atoms with Crippen molar-refractivity contribution in [1.29, 1.82) is 0 Å². The number of rotatable bonds is 3. The number of halogens is 1. The van der Waals surface area contributed by atoms with Crippen molar-refractivity contribution in [3.63, 3.8) is 0 Å². The van der Waals surface area contributed by atoms with E-state index in [4.69, 9.17) is 17.5 Å². The van der Waals surface area contributed by atoms with Crippen LogP contribution in [-0.4, -0.2) is 9.78 Å². The molecule has 0 atom stereocenters. The first-order valence-corrected chi connectivity index (χ1v) is 4.79. The Kier molecular flexibility index (Phi) is 3.01. The van der Waals surface area contributed by atoms with E-state index in [2.05, 4.69) is 9.94 Å². The first-order chi connectivity index (χ1) is 7.31. The lowest BCUT2D eigenvalue weighted by Crippen LogP contribution is -2.00. The first kappa shape index (κ1) is 10.2. The summed E-state index contributed by atoms with van der Waals surface area (Å²) in [6.07, 6.45) is 1.65. The fourth-order valence-electron chi connectivity index (χ4n) is 1.31. The van der Waals surface area contributed by atoms with Gasteiger partial charge in [0.25, 0.3) is 0 Å². The molecular formula is C10H10ClN3O. The van der Waals surface area contributed by atoms with Crippen LogP contribution in [0.2, 0.25) is 5.15 Å². The van der Waals surface area contributed by atoms with Crippen LogP contribution in [0.1, 0.15) is 5.56 Å². The highest BCUT2D eigenvalue weighted by atomic mass is 35.5. The van der Waals surface area contributed by atoms with Gasteiger partial charge in [-0.15, -0.1) is 0 Å². The molecule has 2 rings (SSSR count). The van der Waals surface area contributed by atoms with Crippen molar-refractivity contribution < 1.29 is 4.84 Å². The monoisotopic (exact) mass is 223 g/mol. The zero-order chi connectivity index (χ0) is 10.7. The van der Waals surface area contributed by atoms with E-state index in [1.807, 2.05) is 24.3 Å². The Balaban J connectivity index is 2.28. The maximum absolute atomic E-state index is 5.93. The second-order valence-electron chi connectivity index (χ2n) is 3.04. The summed E-state index contributed by atoms with van der Waals surface area (Å²) in [6.45, 7) is 0.396. The minimum atomic E-state index is 0.396. The summed E-state index contributed by atoms with van der Waals surface area (Å²) in [6, 6.07) is 9.39. The smallest absolute Gasteiger partial charge is 0.132 e. The Hall–Kier alpha value is -1.36. The fraction of sp³-hybridized carbons (Fsp3) is 0.100. The lowest BCUT2D eigenvalue weighted by Gasteiger charge is -2.04. The number of benzene rings is 1. The van der Waals surface area contributed by atoms with Gasteiger partial charge in [0.15, 0.2) is 0 Å². The van der Waals surface area contributed by atoms with Gasteiger partial charge in [0.05, 0.1) is 18.5 Å². The van der Waals surface area contributed by atoms with Gasteiger partial charge in [-0.05, 0) is 23.8 Å². The largest absolute Gasteiger partial charge is 0.300 e. The summed E-state index contributed by atoms with van der Waals surface area (Å²) in [5, 5.41) is 4.67. The van der Waals surface area contributed by atoms with Crippen LogP contribution in [0.4, 0.5) is 0 Å². The Labute approximate surface area is 92.2 Å². The van der Waals surface area contributed by atoms with Crippen LogP contribution in [-0.2, 0) is 11.4 Å². The SMILES string of the molecule is NOCc1ccc(-n2nccc2Cl)cc1. The van der Waals surface area contributed by atoms with Crippen LogP contribution in [0.15, 0.2) is 36.5 Å². The van der Waals surface area contributed by atoms with Crippen molar-refractivity contribution in [2.24, 2.45) is 5.90 Å². The lowest BCUT2D eigenvalue weighted by molar-refractivity contribution is 0.124. The standard InChI is InChI=1S/C10H10ClN3O/c11-10-5-6-13-14(10)9-3-1-8(2-4-9)7-15-12/h1-6H,7,12H2. The van der Waals surface area contributed by atoms with Crippen LogP contribution in [0.25, 0.3) is 5.69 Å². The van der Waals surface area contributed by atoms with Crippen LogP contribution in [0, 0.1) is 0 Å². The van der Waals surface area contributed by atoms with E-state index in [0.29, 0.717) is 11.8 Å². The Morgan fingerprint density at radius 2 is 2.00 bits per heavy atom. The molecule has 0 fully saturated rings. The summed E-state index contributed by atoms with van der Waals surface area (Å²) in [5.74, 6) is 4.98. The number of hydrogen-bond donors (Lipinski definition) is 1. The summed E-state index contributed by atoms with van der Waals surface area (Å²) in [4.78, 5) is 4.53. The van der Waals surface area contributed by atoms with E-state index >= 15 is 0 Å². The van der Waals surface area contributed by atoms with Crippen molar-refractivity contribution >= 4 is 11.6 Å². The normalized spacial score (nSPS) is 10.5. The predicted molar refractivity (Wildman–Crippen MR) is 57.6 cm³/mol. The number of hydrogen-bond acceptors (Lipinski definition) is 3. The van der Waals surface area contributed by atoms with Crippen molar-refractivity contribution in [3.8, 4) is 5.69 Å². The van der Waals surface area contributed by atoms with Gasteiger partial charge >= 0.3 is 0 Å². The molecule has 1 heterocycles. The van der Waals surface area contributed by atoms with Gasteiger partial charge < -0.3 is 0 Å². The summed E-state index contributed by atoms with van der Waals surface area (Å²) < 4.78 is 1.65. The van der Waals surface area contributed by atoms with E-state index in [-0.39, 0.29) is 0 Å². The lowest BCUT2D eigenvalue weighted by atomic mass is 10.2. The van der Waals surface area contributed by atoms with Crippen molar-refractivity contribution in [3.05, 3.63) is 47.2 Å². The molecule has 2 N–H and O–H groups in total. The fourth-order valence-corrected chi connectivity index (χ4v) is 1.50. The molecule has 0 saturated carbocycles. The van der Waals surface area contributed by atoms with Crippen LogP contribution >= 0.6 is 11.6 Å². The number of nitrogens with two attached hydrogens (primary N) is 1. The third kappa shape index (κ3) is 2.18. The molecule has 0 radical (unpaired) electrons. The van der Waals surface area contributed by atoms with Gasteiger partial charge in [-0.1, -0.05) is 23.7 Å². The highest BCUT2D eigenvalue weighted by Gasteiger charge is 2.01. The molecular weight excluding hydrogens is 214 g/mol. The molecule has 4 nitrogen and oxygen atoms in total. The molecule has 0 bridgehead atoms. The Morgan fingerprint density at radius 3 is 2.53 bits per heavy atom. The minimum Gasteiger partial charge on any atom is -0.300 e. The average Bonchev–Trinajstić information content (AvgIpc) is 2.66. The molecule has 0 saturated heterocycles. The summed E-state index contributed by atoms with van der Waals surface area (Å²) in [5.41, 5.74) is 1.91. The molecule has 5 heteroatoms. The molecule has 0 unspecified atom stereocenters. The highest BCUT2D eigenvalue weighted by Crippen LogP contribution is 2.15. The predicted octanol–water partition coefficient (Wildman–Crippen LogP) is 1.92. The maximum Gasteiger partial charge on any atom is 0.132 e. The molecule has 1 aromatic carbocycles. The van der Waals surface area contributed by atoms with E-state index in [0.717, 1.165) is 11.3 Å². The van der Waals surface area contributed by atoms with Gasteiger partial charge in [-0.25, -0.2) is 10.6 Å². The van der Waals surface area contributed by atoms with E-state index in [1.165, 1.54) is 0 Å². The molecule has 0 aliphatic rings. The van der Waals surface area contributed by atoms with Crippen molar-refractivity contribution in [1.82, 2.24) is 9.78 Å². The van der Waals surface area contributed by atoms with E-state index < -0.39 is 0 Å². The molecule has 78 valence electrons. The van der Waals surface area contributed by atoms with Gasteiger partial charge in [-0.3, -0.25) is 4.84 Å². The topological polar surface area (TPSA) is 53.1 Å². The second kappa shape index (κ2) is 4.44. The molecule has 0 aliphatic heterocycles. The minimum absolute atomic E-state index is 0.396. The zero-order valence-electron chi connectivity index (χ0n) is 7.93. The molecule has 2 aromatic rings. The molecule has 0 spiro atoms. The highest BCUT2D eigenvalue weighted by molar-refractivity contribution is 6.29. The van der Waals surface area contributed by atoms with Crippen molar-refractivity contribution in [2.75, 3.05) is 0 Å². The molecule has 15 heavy (non-hydrogen) atoms. The molecule has 1 aromatic heterocycles. The number of aromatic nitrogens is 2. The van der Waals surface area contributed by atoms with E-state index in [9.17, 15) is 0 Å². The zero-order valence-corrected chi connectivity index (χ0v) is 8.69. The van der Waals surface area contributed by atoms with Gasteiger partial charge in [0.2, 0.25) is 0 Å². The summed E-state index contributed by atoms with van der Waals surface area (Å²) >= 11 is 5.93. The second-order valence-corrected chi connectivity index (χ2v) is 3.43. The summed E-state index contributed by atoms with van der Waals surface area (Å²) in [7, 11) is 0. The maximum atomic E-state index is 5.93. The quantitative estimate of drug-likeness (QED) is 0.809. The Bertz CT molecular complexity index is 438. The molecule has 0 aliphatic carbocycles. The average molecular weight is 224 g/mol. The van der Waals surface area contributed by atoms with Crippen LogP contribution in [0.5, 0.6) is 0 Å². The van der Waals surface area contributed by atoms with E-state index in [1.54, 1.807) is 16.9 Å². The van der Waals surface area contributed by atoms with Gasteiger partial charge in [-0.2, -0.15) is 5.10 Å². The number of nitrogens with zero attached hydrogens (tertiary/aromatic N) is 2. The first-order valence-electron chi connectivity index (χ1n) is 4.42. The third-order valence-electron chi connectivity index (χ3n) is 2.03. The van der Waals surface area contributed by atoms with Crippen LogP contribution < -0.4 is 5.90 Å².